The third kappa shape index (κ3) is 4.11. The number of ether oxygens (including phenoxy) is 1. The summed E-state index contributed by atoms with van der Waals surface area (Å²) in [7, 11) is 1.29. The minimum Gasteiger partial charge on any atom is -0.477 e. The summed E-state index contributed by atoms with van der Waals surface area (Å²) in [5.74, 6) is -1.55. The number of hydrogen-bond donors (Lipinski definition) is 2. The van der Waals surface area contributed by atoms with Crippen LogP contribution in [0.25, 0.3) is 10.4 Å². The number of carbonyl (C=O) groups is 2. The summed E-state index contributed by atoms with van der Waals surface area (Å²) < 4.78 is 4.66. The number of carbonyl (C=O) groups excluding carboxylic acids is 1. The molecule has 0 fully saturated rings. The van der Waals surface area contributed by atoms with Crippen LogP contribution in [0.3, 0.4) is 0 Å². The predicted octanol–water partition coefficient (Wildman–Crippen LogP) is 4.56. The summed E-state index contributed by atoms with van der Waals surface area (Å²) in [6.07, 6.45) is 3.16. The molecule has 2 N–H and O–H groups in total. The third-order valence-corrected chi connectivity index (χ3v) is 5.24. The Morgan fingerprint density at radius 1 is 1.38 bits per heavy atom. The molecule has 0 bridgehead atoms. The molecule has 0 radical (unpaired) electrons. The molecule has 0 atom stereocenters. The van der Waals surface area contributed by atoms with E-state index in [0.717, 1.165) is 21.8 Å². The lowest BCUT2D eigenvalue weighted by Gasteiger charge is -2.03. The Kier molecular flexibility index (Phi) is 6.30. The molecule has 0 unspecified atom stereocenters. The second-order valence-electron chi connectivity index (χ2n) is 4.49. The number of carboxylic acid groups (broad SMARTS) is 1. The van der Waals surface area contributed by atoms with Crippen LogP contribution < -0.4 is 5.32 Å². The molecule has 0 aliphatic heterocycles. The lowest BCUT2D eigenvalue weighted by Crippen LogP contribution is -2.04. The van der Waals surface area contributed by atoms with E-state index in [2.05, 4.69) is 10.1 Å². The number of hydrogen-bond acceptors (Lipinski definition) is 6. The van der Waals surface area contributed by atoms with Crippen molar-refractivity contribution in [2.24, 2.45) is 0 Å². The molecule has 2 rings (SSSR count). The monoisotopic (exact) mass is 383 g/mol. The molecule has 2 aromatic rings. The van der Waals surface area contributed by atoms with Gasteiger partial charge in [0.1, 0.15) is 9.78 Å². The molecule has 8 heteroatoms. The Morgan fingerprint density at radius 3 is 2.67 bits per heavy atom. The van der Waals surface area contributed by atoms with Crippen LogP contribution >= 0.6 is 34.7 Å². The van der Waals surface area contributed by atoms with Crippen LogP contribution in [0, 0.1) is 0 Å². The fourth-order valence-corrected chi connectivity index (χ4v) is 3.62. The summed E-state index contributed by atoms with van der Waals surface area (Å²) >= 11 is 8.48. The van der Waals surface area contributed by atoms with Gasteiger partial charge in [-0.1, -0.05) is 29.8 Å². The van der Waals surface area contributed by atoms with E-state index in [1.807, 2.05) is 12.1 Å². The van der Waals surface area contributed by atoms with Crippen molar-refractivity contribution in [1.29, 1.82) is 0 Å². The molecule has 0 aliphatic rings. The van der Waals surface area contributed by atoms with Gasteiger partial charge in [-0.15, -0.1) is 23.1 Å². The normalized spacial score (nSPS) is 11.2. The van der Waals surface area contributed by atoms with E-state index in [9.17, 15) is 14.7 Å². The second kappa shape index (κ2) is 8.23. The summed E-state index contributed by atoms with van der Waals surface area (Å²) in [5, 5.41) is 12.8. The smallest absolute Gasteiger partial charge is 0.348 e. The van der Waals surface area contributed by atoms with Crippen LogP contribution in [0.4, 0.5) is 5.69 Å². The highest BCUT2D eigenvalue weighted by molar-refractivity contribution is 8.03. The van der Waals surface area contributed by atoms with Crippen LogP contribution in [0.5, 0.6) is 0 Å². The Bertz CT molecular complexity index is 801. The zero-order chi connectivity index (χ0) is 17.7. The molecule has 0 saturated carbocycles. The lowest BCUT2D eigenvalue weighted by atomic mass is 10.2. The number of thioether (sulfide) groups is 1. The molecule has 0 spiro atoms. The van der Waals surface area contributed by atoms with E-state index in [0.29, 0.717) is 15.6 Å². The van der Waals surface area contributed by atoms with Gasteiger partial charge in [0.25, 0.3) is 0 Å². The molecular weight excluding hydrogens is 370 g/mol. The topological polar surface area (TPSA) is 75.6 Å². The van der Waals surface area contributed by atoms with Gasteiger partial charge < -0.3 is 15.2 Å². The quantitative estimate of drug-likeness (QED) is 0.562. The maximum atomic E-state index is 11.6. The van der Waals surface area contributed by atoms with E-state index in [1.165, 1.54) is 25.1 Å². The van der Waals surface area contributed by atoms with Gasteiger partial charge in [0.2, 0.25) is 0 Å². The average Bonchev–Trinajstić information content (AvgIpc) is 2.99. The highest BCUT2D eigenvalue weighted by Crippen LogP contribution is 2.38. The molecular formula is C16H14ClNO4S2. The van der Waals surface area contributed by atoms with Gasteiger partial charge in [-0.3, -0.25) is 0 Å². The number of esters is 1. The van der Waals surface area contributed by atoms with Crippen LogP contribution in [0.2, 0.25) is 5.02 Å². The maximum Gasteiger partial charge on any atom is 0.348 e. The predicted molar refractivity (Wildman–Crippen MR) is 99.0 cm³/mol. The first-order chi connectivity index (χ1) is 11.5. The summed E-state index contributed by atoms with van der Waals surface area (Å²) in [4.78, 5) is 24.2. The Labute approximate surface area is 152 Å². The summed E-state index contributed by atoms with van der Waals surface area (Å²) in [6.45, 7) is 0. The van der Waals surface area contributed by atoms with Gasteiger partial charge in [-0.2, -0.15) is 0 Å². The molecule has 0 aliphatic carbocycles. The molecule has 126 valence electrons. The third-order valence-electron chi connectivity index (χ3n) is 3.03. The van der Waals surface area contributed by atoms with Crippen LogP contribution in [0.15, 0.2) is 41.4 Å². The molecule has 24 heavy (non-hydrogen) atoms. The van der Waals surface area contributed by atoms with Gasteiger partial charge >= 0.3 is 11.9 Å². The molecule has 1 heterocycles. The highest BCUT2D eigenvalue weighted by Gasteiger charge is 2.17. The SMILES string of the molecule is COC(=O)C(=CNc1cc(-c2ccccc2Cl)sc1C(=O)O)SC. The van der Waals surface area contributed by atoms with E-state index in [-0.39, 0.29) is 4.88 Å². The molecule has 1 aromatic carbocycles. The van der Waals surface area contributed by atoms with Crippen molar-refractivity contribution >= 4 is 52.3 Å². The number of benzene rings is 1. The average molecular weight is 384 g/mol. The van der Waals surface area contributed by atoms with Crippen LogP contribution in [-0.2, 0) is 9.53 Å². The number of nitrogens with one attached hydrogen (secondary N) is 1. The molecule has 0 saturated heterocycles. The van der Waals surface area contributed by atoms with Crippen LogP contribution in [0.1, 0.15) is 9.67 Å². The highest BCUT2D eigenvalue weighted by atomic mass is 35.5. The maximum absolute atomic E-state index is 11.6. The number of aromatic carboxylic acids is 1. The standard InChI is InChI=1S/C16H14ClNO4S2/c1-22-16(21)13(23-2)8-18-11-7-12(24-14(11)15(19)20)9-5-3-4-6-10(9)17/h3-8,18H,1-2H3,(H,19,20). The number of rotatable bonds is 6. The van der Waals surface area contributed by atoms with Crippen molar-refractivity contribution in [2.45, 2.75) is 0 Å². The largest absolute Gasteiger partial charge is 0.477 e. The van der Waals surface area contributed by atoms with Crippen LogP contribution in [-0.4, -0.2) is 30.4 Å². The van der Waals surface area contributed by atoms with Crippen molar-refractivity contribution in [1.82, 2.24) is 0 Å². The van der Waals surface area contributed by atoms with Gasteiger partial charge in [-0.05, 0) is 18.4 Å². The van der Waals surface area contributed by atoms with Crippen molar-refractivity contribution in [3.8, 4) is 10.4 Å². The number of methoxy groups -OCH3 is 1. The van der Waals surface area contributed by atoms with Crippen molar-refractivity contribution in [3.05, 3.63) is 51.3 Å². The Morgan fingerprint density at radius 2 is 2.08 bits per heavy atom. The van der Waals surface area contributed by atoms with Crippen molar-refractivity contribution in [2.75, 3.05) is 18.7 Å². The minimum atomic E-state index is -1.06. The second-order valence-corrected chi connectivity index (χ2v) is 6.79. The fourth-order valence-electron chi connectivity index (χ4n) is 1.90. The number of halogens is 1. The molecule has 5 nitrogen and oxygen atoms in total. The van der Waals surface area contributed by atoms with Crippen molar-refractivity contribution < 1.29 is 19.4 Å². The fraction of sp³-hybridized carbons (Fsp3) is 0.125. The number of thiophene rings is 1. The lowest BCUT2D eigenvalue weighted by molar-refractivity contribution is -0.135. The molecule has 1 aromatic heterocycles. The van der Waals surface area contributed by atoms with Gasteiger partial charge in [0.15, 0.2) is 0 Å². The van der Waals surface area contributed by atoms with Gasteiger partial charge in [0.05, 0.1) is 12.8 Å². The Hall–Kier alpha value is -1.96. The first kappa shape index (κ1) is 18.4. The number of anilines is 1. The summed E-state index contributed by atoms with van der Waals surface area (Å²) in [5.41, 5.74) is 1.14. The first-order valence-corrected chi connectivity index (χ1v) is 9.11. The van der Waals surface area contributed by atoms with E-state index in [4.69, 9.17) is 11.6 Å². The van der Waals surface area contributed by atoms with E-state index >= 15 is 0 Å². The van der Waals surface area contributed by atoms with Crippen molar-refractivity contribution in [3.63, 3.8) is 0 Å². The van der Waals surface area contributed by atoms with Gasteiger partial charge in [-0.25, -0.2) is 9.59 Å². The number of carboxylic acids is 1. The molecule has 0 amide bonds. The zero-order valence-electron chi connectivity index (χ0n) is 12.8. The van der Waals surface area contributed by atoms with E-state index < -0.39 is 11.9 Å². The minimum absolute atomic E-state index is 0.131. The summed E-state index contributed by atoms with van der Waals surface area (Å²) in [6, 6.07) is 8.90. The van der Waals surface area contributed by atoms with E-state index in [1.54, 1.807) is 24.5 Å². The Balaban J connectivity index is 2.40. The van der Waals surface area contributed by atoms with Gasteiger partial charge in [0, 0.05) is 21.7 Å². The first-order valence-electron chi connectivity index (χ1n) is 6.69. The zero-order valence-corrected chi connectivity index (χ0v) is 15.2.